The van der Waals surface area contributed by atoms with E-state index in [2.05, 4.69) is 31.2 Å². The molecule has 4 nitrogen and oxygen atoms in total. The molecule has 2 aromatic carbocycles. The van der Waals surface area contributed by atoms with Gasteiger partial charge in [0.2, 0.25) is 0 Å². The minimum Gasteiger partial charge on any atom is -0.400 e. The Balaban J connectivity index is 0.00000132. The highest BCUT2D eigenvalue weighted by molar-refractivity contribution is 7.15. The molecule has 1 aliphatic heterocycles. The second-order valence-corrected chi connectivity index (χ2v) is 8.68. The number of Topliss-reactive ketones (excluding diaryl/α,β-unsaturated/α-hetero) is 1. The van der Waals surface area contributed by atoms with Crippen LogP contribution in [0.15, 0.2) is 54.6 Å². The third kappa shape index (κ3) is 5.86. The summed E-state index contributed by atoms with van der Waals surface area (Å²) in [7, 11) is 1.00. The molecule has 2 heterocycles. The monoisotopic (exact) mass is 442 g/mol. The molecule has 0 bridgehead atoms. The van der Waals surface area contributed by atoms with Gasteiger partial charge in [0.15, 0.2) is 0 Å². The van der Waals surface area contributed by atoms with Crippen LogP contribution in [0.3, 0.4) is 0 Å². The van der Waals surface area contributed by atoms with Gasteiger partial charge in [0.1, 0.15) is 11.6 Å². The number of hydrogen-bond acceptors (Lipinski definition) is 5. The van der Waals surface area contributed by atoms with Gasteiger partial charge in [0, 0.05) is 36.1 Å². The topological polar surface area (TPSA) is 66.8 Å². The van der Waals surface area contributed by atoms with Crippen LogP contribution in [0, 0.1) is 12.7 Å². The van der Waals surface area contributed by atoms with E-state index in [1.165, 1.54) is 28.1 Å². The van der Waals surface area contributed by atoms with Crippen molar-refractivity contribution in [1.82, 2.24) is 0 Å². The van der Waals surface area contributed by atoms with E-state index in [0.29, 0.717) is 6.42 Å². The number of benzene rings is 2. The first-order valence-corrected chi connectivity index (χ1v) is 11.0. The number of ketones is 1. The van der Waals surface area contributed by atoms with Gasteiger partial charge < -0.3 is 14.9 Å². The average molecular weight is 443 g/mol. The number of aliphatic hydroxyl groups excluding tert-OH is 2. The Labute approximate surface area is 185 Å². The van der Waals surface area contributed by atoms with Gasteiger partial charge in [-0.3, -0.25) is 4.79 Å². The van der Waals surface area contributed by atoms with E-state index in [9.17, 15) is 14.3 Å². The van der Waals surface area contributed by atoms with Crippen molar-refractivity contribution < 1.29 is 24.1 Å². The Morgan fingerprint density at radius 2 is 1.81 bits per heavy atom. The van der Waals surface area contributed by atoms with Crippen LogP contribution >= 0.6 is 11.3 Å². The fourth-order valence-corrected chi connectivity index (χ4v) is 4.72. The molecule has 1 saturated heterocycles. The summed E-state index contributed by atoms with van der Waals surface area (Å²) >= 11 is 1.70. The lowest BCUT2D eigenvalue weighted by atomic mass is 9.94. The molecule has 6 heteroatoms. The Morgan fingerprint density at radius 3 is 2.52 bits per heavy atom. The van der Waals surface area contributed by atoms with Gasteiger partial charge in [-0.1, -0.05) is 30.3 Å². The summed E-state index contributed by atoms with van der Waals surface area (Å²) in [5, 5.41) is 16.4. The summed E-state index contributed by atoms with van der Waals surface area (Å²) in [5.41, 5.74) is 4.37. The summed E-state index contributed by atoms with van der Waals surface area (Å²) in [5.74, 6) is -0.102. The number of carbonyl (C=O) groups is 1. The molecule has 2 N–H and O–H groups in total. The summed E-state index contributed by atoms with van der Waals surface area (Å²) in [6.45, 7) is 1.94. The van der Waals surface area contributed by atoms with Crippen molar-refractivity contribution in [2.45, 2.75) is 38.4 Å². The van der Waals surface area contributed by atoms with Crippen LogP contribution in [-0.4, -0.2) is 35.8 Å². The molecule has 0 spiro atoms. The molecule has 2 unspecified atom stereocenters. The maximum atomic E-state index is 13.2. The van der Waals surface area contributed by atoms with Crippen molar-refractivity contribution in [2.24, 2.45) is 0 Å². The van der Waals surface area contributed by atoms with E-state index in [-0.39, 0.29) is 30.7 Å². The smallest absolute Gasteiger partial charge is 0.138 e. The minimum absolute atomic E-state index is 0.129. The fourth-order valence-electron chi connectivity index (χ4n) is 3.69. The number of aliphatic hydroxyl groups is 2. The quantitative estimate of drug-likeness (QED) is 0.593. The lowest BCUT2D eigenvalue weighted by Gasteiger charge is -2.28. The highest BCUT2D eigenvalue weighted by Crippen LogP contribution is 2.33. The summed E-state index contributed by atoms with van der Waals surface area (Å²) in [6, 6.07) is 16.9. The zero-order valence-corrected chi connectivity index (χ0v) is 18.5. The van der Waals surface area contributed by atoms with Crippen molar-refractivity contribution in [3.05, 3.63) is 82.0 Å². The van der Waals surface area contributed by atoms with Crippen LogP contribution in [0.25, 0.3) is 10.4 Å². The molecule has 0 radical (unpaired) electrons. The van der Waals surface area contributed by atoms with Gasteiger partial charge in [-0.2, -0.15) is 0 Å². The van der Waals surface area contributed by atoms with Gasteiger partial charge in [0.25, 0.3) is 0 Å². The van der Waals surface area contributed by atoms with E-state index in [4.69, 9.17) is 9.84 Å². The molecule has 3 aromatic rings. The SMILES string of the molecule is CO.Cc1ccc(C2CC(=O)CC(CO)O2)cc1Cc1ccc(-c2ccc(F)cc2)s1. The predicted molar refractivity (Wildman–Crippen MR) is 121 cm³/mol. The standard InChI is InChI=1S/C24H23FO3S.CH4O/c1-15-2-3-17(23-13-20(27)12-21(14-26)28-23)10-18(15)11-22-8-9-24(29-22)16-4-6-19(25)7-5-16;1-2/h2-10,21,23,26H,11-14H2,1H3;2H,1H3. The number of rotatable bonds is 5. The molecule has 1 fully saturated rings. The van der Waals surface area contributed by atoms with Crippen LogP contribution in [0.2, 0.25) is 0 Å². The Bertz CT molecular complexity index is 1010. The van der Waals surface area contributed by atoms with Gasteiger partial charge in [0.05, 0.1) is 18.8 Å². The Kier molecular flexibility index (Phi) is 8.09. The highest BCUT2D eigenvalue weighted by atomic mass is 32.1. The molecule has 0 aliphatic carbocycles. The molecule has 2 atom stereocenters. The van der Waals surface area contributed by atoms with Crippen LogP contribution < -0.4 is 0 Å². The number of halogens is 1. The van der Waals surface area contributed by atoms with Crippen LogP contribution in [0.5, 0.6) is 0 Å². The lowest BCUT2D eigenvalue weighted by Crippen LogP contribution is -2.30. The number of ether oxygens (including phenoxy) is 1. The zero-order chi connectivity index (χ0) is 22.4. The molecule has 0 saturated carbocycles. The summed E-state index contributed by atoms with van der Waals surface area (Å²) in [6.07, 6.45) is 0.711. The molecule has 164 valence electrons. The minimum atomic E-state index is -0.415. The first-order chi connectivity index (χ1) is 15.0. The third-order valence-corrected chi connectivity index (χ3v) is 6.46. The molecule has 31 heavy (non-hydrogen) atoms. The largest absolute Gasteiger partial charge is 0.400 e. The van der Waals surface area contributed by atoms with Gasteiger partial charge in [-0.05, 0) is 53.4 Å². The summed E-state index contributed by atoms with van der Waals surface area (Å²) in [4.78, 5) is 14.3. The first kappa shape index (κ1) is 23.3. The van der Waals surface area contributed by atoms with Gasteiger partial charge in [-0.25, -0.2) is 4.39 Å². The van der Waals surface area contributed by atoms with Crippen molar-refractivity contribution in [1.29, 1.82) is 0 Å². The van der Waals surface area contributed by atoms with Crippen LogP contribution in [0.4, 0.5) is 4.39 Å². The number of carbonyl (C=O) groups excluding carboxylic acids is 1. The normalized spacial score (nSPS) is 18.4. The van der Waals surface area contributed by atoms with E-state index in [1.807, 2.05) is 6.07 Å². The Morgan fingerprint density at radius 1 is 1.06 bits per heavy atom. The van der Waals surface area contributed by atoms with E-state index < -0.39 is 6.10 Å². The molecular formula is C25H27FO4S. The Hall–Kier alpha value is -2.38. The van der Waals surface area contributed by atoms with E-state index >= 15 is 0 Å². The molecule has 4 rings (SSSR count). The van der Waals surface area contributed by atoms with Crippen molar-refractivity contribution in [3.63, 3.8) is 0 Å². The first-order valence-electron chi connectivity index (χ1n) is 10.2. The lowest BCUT2D eigenvalue weighted by molar-refractivity contribution is -0.139. The van der Waals surface area contributed by atoms with Gasteiger partial charge >= 0.3 is 0 Å². The number of thiophene rings is 1. The third-order valence-electron chi connectivity index (χ3n) is 5.33. The van der Waals surface area contributed by atoms with Crippen molar-refractivity contribution in [2.75, 3.05) is 13.7 Å². The second-order valence-electron chi connectivity index (χ2n) is 7.51. The molecule has 1 aliphatic rings. The van der Waals surface area contributed by atoms with Crippen molar-refractivity contribution in [3.8, 4) is 10.4 Å². The fraction of sp³-hybridized carbons (Fsp3) is 0.320. The molecule has 0 amide bonds. The number of hydrogen-bond donors (Lipinski definition) is 2. The van der Waals surface area contributed by atoms with Gasteiger partial charge in [-0.15, -0.1) is 11.3 Å². The van der Waals surface area contributed by atoms with E-state index in [1.54, 1.807) is 23.5 Å². The summed E-state index contributed by atoms with van der Waals surface area (Å²) < 4.78 is 19.1. The second kappa shape index (κ2) is 10.8. The predicted octanol–water partition coefficient (Wildman–Crippen LogP) is 4.84. The number of aryl methyl sites for hydroxylation is 1. The highest BCUT2D eigenvalue weighted by Gasteiger charge is 2.28. The molecule has 1 aromatic heterocycles. The maximum Gasteiger partial charge on any atom is 0.138 e. The van der Waals surface area contributed by atoms with Crippen LogP contribution in [0.1, 0.15) is 40.5 Å². The van der Waals surface area contributed by atoms with Crippen LogP contribution in [-0.2, 0) is 16.0 Å². The average Bonchev–Trinajstić information content (AvgIpc) is 3.25. The molecular weight excluding hydrogens is 415 g/mol. The van der Waals surface area contributed by atoms with Crippen molar-refractivity contribution >= 4 is 17.1 Å². The zero-order valence-electron chi connectivity index (χ0n) is 17.7. The van der Waals surface area contributed by atoms with E-state index in [0.717, 1.165) is 29.5 Å². The maximum absolute atomic E-state index is 13.2.